The summed E-state index contributed by atoms with van der Waals surface area (Å²) in [6.45, 7) is 0.984. The molecule has 8 nitrogen and oxygen atoms in total. The summed E-state index contributed by atoms with van der Waals surface area (Å²) in [6, 6.07) is 22.5. The van der Waals surface area contributed by atoms with E-state index in [1.54, 1.807) is 13.1 Å². The Hall–Kier alpha value is -4.35. The lowest BCUT2D eigenvalue weighted by atomic mass is 10.0. The van der Waals surface area contributed by atoms with E-state index in [2.05, 4.69) is 16.7 Å². The van der Waals surface area contributed by atoms with Crippen LogP contribution in [0.1, 0.15) is 11.1 Å². The van der Waals surface area contributed by atoms with Gasteiger partial charge in [0.25, 0.3) is 5.91 Å². The van der Waals surface area contributed by atoms with Crippen molar-refractivity contribution in [3.05, 3.63) is 88.4 Å². The maximum Gasteiger partial charge on any atom is 0.419 e. The standard InChI is InChI=1S/C27H24N4O4/c1-31-22-13-19(10-11-24(22)35-27(31)33)18-8-6-17(7-9-18)12-21(14-28)30-26(32)25-16-29-15-20-4-2-3-5-23(20)34-25/h2-11,13,21,25,29H,12,15-16H2,1H3,(H,30,32)/t21-,25-/m0/s1. The summed E-state index contributed by atoms with van der Waals surface area (Å²) in [5.41, 5.74) is 5.10. The van der Waals surface area contributed by atoms with Gasteiger partial charge in [0.1, 0.15) is 11.8 Å². The molecular formula is C27H24N4O4. The smallest absolute Gasteiger partial charge is 0.419 e. The molecule has 2 atom stereocenters. The monoisotopic (exact) mass is 468 g/mol. The highest BCUT2D eigenvalue weighted by atomic mass is 16.5. The molecule has 176 valence electrons. The molecule has 0 spiro atoms. The van der Waals surface area contributed by atoms with E-state index in [-0.39, 0.29) is 5.91 Å². The fourth-order valence-electron chi connectivity index (χ4n) is 4.21. The highest BCUT2D eigenvalue weighted by molar-refractivity contribution is 5.82. The van der Waals surface area contributed by atoms with E-state index in [1.807, 2.05) is 60.7 Å². The molecule has 0 radical (unpaired) electrons. The number of amides is 1. The van der Waals surface area contributed by atoms with E-state index in [4.69, 9.17) is 9.15 Å². The van der Waals surface area contributed by atoms with Crippen LogP contribution in [0, 0.1) is 11.3 Å². The maximum absolute atomic E-state index is 12.8. The number of fused-ring (bicyclic) bond motifs is 2. The molecule has 1 aromatic heterocycles. The van der Waals surface area contributed by atoms with E-state index in [0.717, 1.165) is 27.8 Å². The summed E-state index contributed by atoms with van der Waals surface area (Å²) in [5.74, 6) is -0.0434. The van der Waals surface area contributed by atoms with E-state index in [1.165, 1.54) is 4.57 Å². The minimum Gasteiger partial charge on any atom is -0.479 e. The van der Waals surface area contributed by atoms with Crippen LogP contribution in [-0.4, -0.2) is 29.2 Å². The molecule has 1 aliphatic heterocycles. The molecule has 35 heavy (non-hydrogen) atoms. The van der Waals surface area contributed by atoms with Gasteiger partial charge in [0, 0.05) is 32.1 Å². The van der Waals surface area contributed by atoms with Crippen LogP contribution < -0.4 is 21.1 Å². The van der Waals surface area contributed by atoms with Gasteiger partial charge in [-0.25, -0.2) is 4.79 Å². The minimum absolute atomic E-state index is 0.323. The predicted octanol–water partition coefficient (Wildman–Crippen LogP) is 2.90. The van der Waals surface area contributed by atoms with Crippen molar-refractivity contribution in [1.82, 2.24) is 15.2 Å². The van der Waals surface area contributed by atoms with Crippen LogP contribution in [0.3, 0.4) is 0 Å². The molecule has 0 unspecified atom stereocenters. The Labute approximate surface area is 201 Å². The zero-order valence-corrected chi connectivity index (χ0v) is 19.2. The van der Waals surface area contributed by atoms with Crippen LogP contribution in [0.25, 0.3) is 22.2 Å². The van der Waals surface area contributed by atoms with Gasteiger partial charge in [0.2, 0.25) is 0 Å². The molecule has 0 saturated heterocycles. The van der Waals surface area contributed by atoms with Gasteiger partial charge in [0.15, 0.2) is 11.7 Å². The number of hydrogen-bond donors (Lipinski definition) is 2. The van der Waals surface area contributed by atoms with Gasteiger partial charge in [-0.05, 0) is 34.9 Å². The number of aromatic nitrogens is 1. The Morgan fingerprint density at radius 2 is 1.94 bits per heavy atom. The van der Waals surface area contributed by atoms with E-state index < -0.39 is 17.9 Å². The van der Waals surface area contributed by atoms with Crippen LogP contribution in [0.5, 0.6) is 5.75 Å². The number of para-hydroxylation sites is 1. The van der Waals surface area contributed by atoms with Crippen molar-refractivity contribution in [1.29, 1.82) is 5.26 Å². The van der Waals surface area contributed by atoms with Crippen molar-refractivity contribution < 1.29 is 13.9 Å². The molecule has 4 aromatic rings. The van der Waals surface area contributed by atoms with Crippen LogP contribution in [-0.2, 0) is 24.8 Å². The van der Waals surface area contributed by atoms with Gasteiger partial charge < -0.3 is 19.8 Å². The van der Waals surface area contributed by atoms with Crippen molar-refractivity contribution in [2.45, 2.75) is 25.1 Å². The number of nitriles is 1. The van der Waals surface area contributed by atoms with Crippen molar-refractivity contribution in [2.24, 2.45) is 7.05 Å². The first-order chi connectivity index (χ1) is 17.0. The van der Waals surface area contributed by atoms with Gasteiger partial charge in [-0.2, -0.15) is 5.26 Å². The van der Waals surface area contributed by atoms with Gasteiger partial charge in [-0.15, -0.1) is 0 Å². The first-order valence-corrected chi connectivity index (χ1v) is 11.4. The normalized spacial score (nSPS) is 15.9. The van der Waals surface area contributed by atoms with Gasteiger partial charge in [-0.1, -0.05) is 48.5 Å². The zero-order valence-electron chi connectivity index (χ0n) is 19.2. The fourth-order valence-corrected chi connectivity index (χ4v) is 4.21. The minimum atomic E-state index is -0.717. The third kappa shape index (κ3) is 4.67. The average Bonchev–Trinajstić information content (AvgIpc) is 3.04. The molecule has 2 heterocycles. The lowest BCUT2D eigenvalue weighted by Gasteiger charge is -2.19. The van der Waals surface area contributed by atoms with E-state index in [9.17, 15) is 14.9 Å². The fraction of sp³-hybridized carbons (Fsp3) is 0.222. The Balaban J connectivity index is 1.25. The number of carbonyl (C=O) groups is 1. The number of nitrogens with zero attached hydrogens (tertiary/aromatic N) is 2. The second kappa shape index (κ2) is 9.49. The Kier molecular flexibility index (Phi) is 6.08. The van der Waals surface area contributed by atoms with Crippen molar-refractivity contribution in [2.75, 3.05) is 6.54 Å². The summed E-state index contributed by atoms with van der Waals surface area (Å²) in [5, 5.41) is 15.7. The molecule has 0 fully saturated rings. The second-order valence-corrected chi connectivity index (χ2v) is 8.55. The highest BCUT2D eigenvalue weighted by Crippen LogP contribution is 2.25. The first-order valence-electron chi connectivity index (χ1n) is 11.4. The van der Waals surface area contributed by atoms with E-state index in [0.29, 0.717) is 30.8 Å². The Morgan fingerprint density at radius 3 is 2.74 bits per heavy atom. The summed E-state index contributed by atoms with van der Waals surface area (Å²) in [6.07, 6.45) is -0.347. The molecule has 2 N–H and O–H groups in total. The van der Waals surface area contributed by atoms with Crippen LogP contribution in [0.2, 0.25) is 0 Å². The number of hydrogen-bond acceptors (Lipinski definition) is 6. The predicted molar refractivity (Wildman–Crippen MR) is 131 cm³/mol. The molecular weight excluding hydrogens is 444 g/mol. The first kappa shape index (κ1) is 22.4. The number of carbonyl (C=O) groups excluding carboxylic acids is 1. The zero-order chi connectivity index (χ0) is 24.4. The summed E-state index contributed by atoms with van der Waals surface area (Å²) >= 11 is 0. The van der Waals surface area contributed by atoms with Crippen molar-refractivity contribution in [3.8, 4) is 22.9 Å². The second-order valence-electron chi connectivity index (χ2n) is 8.55. The molecule has 1 aliphatic rings. The number of rotatable bonds is 5. The summed E-state index contributed by atoms with van der Waals surface area (Å²) in [4.78, 5) is 24.6. The number of nitrogens with one attached hydrogen (secondary N) is 2. The van der Waals surface area contributed by atoms with Gasteiger partial charge >= 0.3 is 5.76 Å². The highest BCUT2D eigenvalue weighted by Gasteiger charge is 2.26. The molecule has 5 rings (SSSR count). The molecule has 0 bridgehead atoms. The maximum atomic E-state index is 12.8. The Morgan fingerprint density at radius 1 is 1.17 bits per heavy atom. The number of oxazole rings is 1. The van der Waals surface area contributed by atoms with Gasteiger partial charge in [0.05, 0.1) is 11.6 Å². The lowest BCUT2D eigenvalue weighted by molar-refractivity contribution is -0.128. The van der Waals surface area contributed by atoms with Crippen LogP contribution >= 0.6 is 0 Å². The molecule has 0 saturated carbocycles. The van der Waals surface area contributed by atoms with Crippen molar-refractivity contribution >= 4 is 17.0 Å². The number of benzene rings is 3. The lowest BCUT2D eigenvalue weighted by Crippen LogP contribution is -2.47. The largest absolute Gasteiger partial charge is 0.479 e. The summed E-state index contributed by atoms with van der Waals surface area (Å²) in [7, 11) is 1.67. The number of aryl methyl sites for hydroxylation is 1. The van der Waals surface area contributed by atoms with E-state index >= 15 is 0 Å². The molecule has 1 amide bonds. The number of ether oxygens (including phenoxy) is 1. The van der Waals surface area contributed by atoms with Crippen LogP contribution in [0.4, 0.5) is 0 Å². The topological polar surface area (TPSA) is 109 Å². The van der Waals surface area contributed by atoms with Crippen LogP contribution in [0.15, 0.2) is 75.9 Å². The molecule has 0 aliphatic carbocycles. The quantitative estimate of drug-likeness (QED) is 0.466. The van der Waals surface area contributed by atoms with Crippen molar-refractivity contribution in [3.63, 3.8) is 0 Å². The average molecular weight is 469 g/mol. The third-order valence-electron chi connectivity index (χ3n) is 6.17. The molecule has 8 heteroatoms. The van der Waals surface area contributed by atoms with Gasteiger partial charge in [-0.3, -0.25) is 9.36 Å². The summed E-state index contributed by atoms with van der Waals surface area (Å²) < 4.78 is 12.6. The molecule has 3 aromatic carbocycles. The Bertz CT molecular complexity index is 1480. The third-order valence-corrected chi connectivity index (χ3v) is 6.17. The SMILES string of the molecule is Cn1c(=O)oc2ccc(-c3ccc(C[C@@H](C#N)NC(=O)[C@@H]4CNCc5ccccc5O4)cc3)cc21.